The molecule has 10 nitrogen and oxygen atoms in total. The number of carbonyl (C=O) groups excluding carboxylic acids is 1. The molecule has 0 bridgehead atoms. The van der Waals surface area contributed by atoms with Crippen LogP contribution in [0.5, 0.6) is 0 Å². The van der Waals surface area contributed by atoms with Gasteiger partial charge in [0.05, 0.1) is 10.2 Å². The molecule has 2 saturated heterocycles. The third-order valence-electron chi connectivity index (χ3n) is 7.71. The molecule has 6 rings (SSSR count). The van der Waals surface area contributed by atoms with E-state index in [2.05, 4.69) is 20.2 Å². The van der Waals surface area contributed by atoms with Crippen LogP contribution in [0, 0.1) is 0 Å². The van der Waals surface area contributed by atoms with Crippen LogP contribution in [0.2, 0.25) is 0 Å². The number of nitrogens with zero attached hydrogens (tertiary/aromatic N) is 5. The van der Waals surface area contributed by atoms with Gasteiger partial charge in [-0.3, -0.25) is 4.79 Å². The number of thiazole rings is 1. The topological polar surface area (TPSA) is 116 Å². The number of para-hydroxylation sites is 1. The van der Waals surface area contributed by atoms with Crippen LogP contribution in [0.15, 0.2) is 53.5 Å². The predicted octanol–water partition coefficient (Wildman–Crippen LogP) is 5.64. The van der Waals surface area contributed by atoms with E-state index in [4.69, 9.17) is 14.7 Å². The van der Waals surface area contributed by atoms with Gasteiger partial charge in [0.1, 0.15) is 33.6 Å². The van der Waals surface area contributed by atoms with E-state index >= 15 is 0 Å². The minimum Gasteiger partial charge on any atom is -0.444 e. The van der Waals surface area contributed by atoms with E-state index in [1.807, 2.05) is 69.4 Å². The summed E-state index contributed by atoms with van der Waals surface area (Å²) >= 11 is 1.48. The SMILES string of the molecule is CC(C)(C)OC(=O)N1CCCC(Nc2nc(C3CCN(c4ccccn4)CC3)[nH]c(=O)c2-c2nc3ccccc3s2)C1. The summed E-state index contributed by atoms with van der Waals surface area (Å²) in [6.07, 6.45) is 4.89. The van der Waals surface area contributed by atoms with E-state index < -0.39 is 5.60 Å². The zero-order valence-electron chi connectivity index (χ0n) is 24.3. The molecule has 11 heteroatoms. The fourth-order valence-corrected chi connectivity index (χ4v) is 6.68. The van der Waals surface area contributed by atoms with Crippen LogP contribution in [-0.4, -0.2) is 68.8 Å². The Bertz CT molecular complexity index is 1570. The maximum absolute atomic E-state index is 13.8. The number of aromatic amines is 1. The van der Waals surface area contributed by atoms with Crippen LogP contribution in [0.4, 0.5) is 16.4 Å². The van der Waals surface area contributed by atoms with Gasteiger partial charge in [-0.2, -0.15) is 0 Å². The van der Waals surface area contributed by atoms with Gasteiger partial charge in [-0.15, -0.1) is 11.3 Å². The molecule has 2 N–H and O–H groups in total. The third kappa shape index (κ3) is 6.25. The van der Waals surface area contributed by atoms with Crippen LogP contribution in [-0.2, 0) is 4.74 Å². The Hall–Kier alpha value is -3.99. The lowest BCUT2D eigenvalue weighted by Gasteiger charge is -2.35. The second-order valence-electron chi connectivity index (χ2n) is 12.0. The zero-order valence-corrected chi connectivity index (χ0v) is 25.1. The monoisotopic (exact) mass is 587 g/mol. The van der Waals surface area contributed by atoms with Crippen LogP contribution in [0.25, 0.3) is 20.8 Å². The molecule has 0 saturated carbocycles. The van der Waals surface area contributed by atoms with Crippen molar-refractivity contribution in [3.8, 4) is 10.6 Å². The van der Waals surface area contributed by atoms with Gasteiger partial charge < -0.3 is 24.8 Å². The number of anilines is 2. The number of pyridine rings is 1. The Morgan fingerprint density at radius 2 is 1.83 bits per heavy atom. The summed E-state index contributed by atoms with van der Waals surface area (Å²) in [5, 5.41) is 4.19. The van der Waals surface area contributed by atoms with Crippen molar-refractivity contribution in [2.24, 2.45) is 0 Å². The second kappa shape index (κ2) is 11.7. The number of piperidine rings is 2. The number of likely N-dealkylation sites (tertiary alicyclic amines) is 1. The van der Waals surface area contributed by atoms with Crippen LogP contribution in [0.3, 0.4) is 0 Å². The molecule has 1 aromatic carbocycles. The van der Waals surface area contributed by atoms with Crippen molar-refractivity contribution in [2.75, 3.05) is 36.4 Å². The maximum atomic E-state index is 13.8. The van der Waals surface area contributed by atoms with Crippen molar-refractivity contribution in [1.29, 1.82) is 0 Å². The van der Waals surface area contributed by atoms with E-state index in [0.29, 0.717) is 35.3 Å². The smallest absolute Gasteiger partial charge is 0.410 e. The molecule has 4 aromatic rings. The van der Waals surface area contributed by atoms with Crippen molar-refractivity contribution < 1.29 is 9.53 Å². The summed E-state index contributed by atoms with van der Waals surface area (Å²) < 4.78 is 6.64. The van der Waals surface area contributed by atoms with Gasteiger partial charge in [0, 0.05) is 44.3 Å². The van der Waals surface area contributed by atoms with Crippen molar-refractivity contribution in [1.82, 2.24) is 24.8 Å². The lowest BCUT2D eigenvalue weighted by molar-refractivity contribution is 0.0206. The zero-order chi connectivity index (χ0) is 29.3. The van der Waals surface area contributed by atoms with Gasteiger partial charge in [-0.1, -0.05) is 18.2 Å². The standard InChI is InChI=1S/C31H37N7O3S/c1-31(2,3)41-30(40)38-16-8-9-21(19-38)33-27-25(29-34-22-10-4-5-11-23(22)42-29)28(39)36-26(35-27)20-13-17-37(18-14-20)24-12-6-7-15-32-24/h4-7,10-12,15,20-21H,8-9,13-14,16-19H2,1-3H3,(H2,33,35,36,39). The van der Waals surface area contributed by atoms with E-state index in [1.54, 1.807) is 4.90 Å². The average molecular weight is 588 g/mol. The van der Waals surface area contributed by atoms with Gasteiger partial charge in [-0.25, -0.2) is 19.7 Å². The minimum absolute atomic E-state index is 0.0763. The van der Waals surface area contributed by atoms with Gasteiger partial charge >= 0.3 is 6.09 Å². The summed E-state index contributed by atoms with van der Waals surface area (Å²) in [6, 6.07) is 13.8. The summed E-state index contributed by atoms with van der Waals surface area (Å²) in [4.78, 5) is 48.1. The Kier molecular flexibility index (Phi) is 7.85. The predicted molar refractivity (Wildman–Crippen MR) is 166 cm³/mol. The van der Waals surface area contributed by atoms with Crippen molar-refractivity contribution in [2.45, 2.75) is 64.0 Å². The van der Waals surface area contributed by atoms with Crippen molar-refractivity contribution in [3.05, 3.63) is 64.8 Å². The first-order chi connectivity index (χ1) is 20.2. The minimum atomic E-state index is -0.563. The largest absolute Gasteiger partial charge is 0.444 e. The van der Waals surface area contributed by atoms with E-state index in [-0.39, 0.29) is 23.6 Å². The number of aromatic nitrogens is 4. The van der Waals surface area contributed by atoms with Gasteiger partial charge in [0.15, 0.2) is 0 Å². The number of hydrogen-bond donors (Lipinski definition) is 2. The number of H-pyrrole nitrogens is 1. The highest BCUT2D eigenvalue weighted by Gasteiger charge is 2.30. The lowest BCUT2D eigenvalue weighted by atomic mass is 9.95. The molecule has 0 spiro atoms. The molecule has 42 heavy (non-hydrogen) atoms. The fourth-order valence-electron chi connectivity index (χ4n) is 5.67. The number of hydrogen-bond acceptors (Lipinski definition) is 9. The van der Waals surface area contributed by atoms with E-state index in [9.17, 15) is 9.59 Å². The Labute approximate surface area is 249 Å². The Morgan fingerprint density at radius 3 is 2.57 bits per heavy atom. The maximum Gasteiger partial charge on any atom is 0.410 e. The number of nitrogens with one attached hydrogen (secondary N) is 2. The fraction of sp³-hybridized carbons (Fsp3) is 0.452. The highest BCUT2D eigenvalue weighted by atomic mass is 32.1. The Balaban J connectivity index is 1.29. The summed E-state index contributed by atoms with van der Waals surface area (Å²) in [6.45, 7) is 8.40. The molecule has 2 aliphatic rings. The molecule has 220 valence electrons. The number of benzene rings is 1. The molecule has 0 radical (unpaired) electrons. The molecule has 0 aliphatic carbocycles. The molecule has 1 amide bonds. The first-order valence-corrected chi connectivity index (χ1v) is 15.5. The van der Waals surface area contributed by atoms with E-state index in [0.717, 1.165) is 54.8 Å². The normalized spacial score (nSPS) is 18.3. The molecule has 5 heterocycles. The Morgan fingerprint density at radius 1 is 1.05 bits per heavy atom. The average Bonchev–Trinajstić information content (AvgIpc) is 3.40. The number of carbonyl (C=O) groups is 1. The van der Waals surface area contributed by atoms with Crippen LogP contribution in [0.1, 0.15) is 58.2 Å². The highest BCUT2D eigenvalue weighted by Crippen LogP contribution is 2.34. The summed E-state index contributed by atoms with van der Waals surface area (Å²) in [7, 11) is 0. The molecular formula is C31H37N7O3S. The molecule has 3 aromatic heterocycles. The second-order valence-corrected chi connectivity index (χ2v) is 13.1. The summed E-state index contributed by atoms with van der Waals surface area (Å²) in [5.74, 6) is 2.30. The van der Waals surface area contributed by atoms with Crippen LogP contribution >= 0.6 is 11.3 Å². The van der Waals surface area contributed by atoms with E-state index in [1.165, 1.54) is 11.3 Å². The lowest BCUT2D eigenvalue weighted by Crippen LogP contribution is -2.47. The molecule has 1 atom stereocenters. The van der Waals surface area contributed by atoms with Crippen LogP contribution < -0.4 is 15.8 Å². The number of rotatable bonds is 5. The highest BCUT2D eigenvalue weighted by molar-refractivity contribution is 7.21. The number of fused-ring (bicyclic) bond motifs is 1. The molecule has 1 unspecified atom stereocenters. The summed E-state index contributed by atoms with van der Waals surface area (Å²) in [5.41, 5.74) is 0.531. The van der Waals surface area contributed by atoms with Crippen molar-refractivity contribution >= 4 is 39.3 Å². The molecule has 2 fully saturated rings. The molecular weight excluding hydrogens is 550 g/mol. The van der Waals surface area contributed by atoms with Gasteiger partial charge in [-0.05, 0) is 70.7 Å². The quantitative estimate of drug-likeness (QED) is 0.308. The van der Waals surface area contributed by atoms with Gasteiger partial charge in [0.2, 0.25) is 0 Å². The first kappa shape index (κ1) is 28.1. The number of amides is 1. The van der Waals surface area contributed by atoms with Crippen molar-refractivity contribution in [3.63, 3.8) is 0 Å². The number of ether oxygens (including phenoxy) is 1. The first-order valence-electron chi connectivity index (χ1n) is 14.6. The van der Waals surface area contributed by atoms with Gasteiger partial charge in [0.25, 0.3) is 5.56 Å². The molecule has 2 aliphatic heterocycles. The third-order valence-corrected chi connectivity index (χ3v) is 8.77.